The average Bonchev–Trinajstić information content (AvgIpc) is 2.46. The molecule has 0 radical (unpaired) electrons. The third-order valence-corrected chi connectivity index (χ3v) is 3.72. The number of nitrogens with one attached hydrogen (secondary N) is 1. The van der Waals surface area contributed by atoms with E-state index >= 15 is 0 Å². The van der Waals surface area contributed by atoms with Crippen LogP contribution in [0.1, 0.15) is 30.9 Å². The van der Waals surface area contributed by atoms with Crippen LogP contribution in [0, 0.1) is 0 Å². The van der Waals surface area contributed by atoms with E-state index in [4.69, 9.17) is 11.6 Å². The van der Waals surface area contributed by atoms with Crippen LogP contribution in [0.25, 0.3) is 0 Å². The highest BCUT2D eigenvalue weighted by Crippen LogP contribution is 2.18. The fourth-order valence-corrected chi connectivity index (χ4v) is 2.12. The lowest BCUT2D eigenvalue weighted by Crippen LogP contribution is -2.30. The monoisotopic (exact) mass is 274 g/mol. The molecule has 19 heavy (non-hydrogen) atoms. The molecular formula is C16H19ClN2. The van der Waals surface area contributed by atoms with Gasteiger partial charge in [-0.2, -0.15) is 0 Å². The number of aromatic nitrogens is 1. The van der Waals surface area contributed by atoms with Crippen LogP contribution in [0.4, 0.5) is 0 Å². The van der Waals surface area contributed by atoms with Crippen molar-refractivity contribution in [2.45, 2.75) is 32.4 Å². The minimum Gasteiger partial charge on any atom is -0.310 e. The Morgan fingerprint density at radius 3 is 2.47 bits per heavy atom. The van der Waals surface area contributed by atoms with E-state index in [9.17, 15) is 0 Å². The molecule has 100 valence electrons. The van der Waals surface area contributed by atoms with Crippen LogP contribution in [0.5, 0.6) is 0 Å². The number of pyridine rings is 1. The van der Waals surface area contributed by atoms with Crippen molar-refractivity contribution in [1.29, 1.82) is 0 Å². The number of halogens is 1. The van der Waals surface area contributed by atoms with Gasteiger partial charge in [0.1, 0.15) is 5.15 Å². The molecule has 0 spiro atoms. The zero-order chi connectivity index (χ0) is 13.7. The zero-order valence-electron chi connectivity index (χ0n) is 11.3. The van der Waals surface area contributed by atoms with Crippen LogP contribution in [0.2, 0.25) is 5.15 Å². The molecule has 1 heterocycles. The normalized spacial score (nSPS) is 14.1. The molecule has 0 saturated carbocycles. The highest BCUT2D eigenvalue weighted by atomic mass is 35.5. The second-order valence-corrected chi connectivity index (χ2v) is 5.25. The topological polar surface area (TPSA) is 24.9 Å². The van der Waals surface area contributed by atoms with Crippen LogP contribution >= 0.6 is 11.6 Å². The first-order valence-electron chi connectivity index (χ1n) is 6.55. The standard InChI is InChI=1S/C16H19ClN2/c1-12(15-6-4-3-5-7-15)13(2)18-10-14-8-9-16(17)19-11-14/h3-9,11-13,18H,10H2,1-2H3/t12-,13+/m1/s1. The predicted octanol–water partition coefficient (Wildman–Crippen LogP) is 4.02. The molecule has 2 aromatic rings. The maximum atomic E-state index is 5.77. The number of hydrogen-bond acceptors (Lipinski definition) is 2. The van der Waals surface area contributed by atoms with Gasteiger partial charge in [-0.1, -0.05) is 54.9 Å². The maximum Gasteiger partial charge on any atom is 0.129 e. The van der Waals surface area contributed by atoms with Gasteiger partial charge in [-0.3, -0.25) is 0 Å². The Labute approximate surface area is 119 Å². The maximum absolute atomic E-state index is 5.77. The van der Waals surface area contributed by atoms with E-state index in [2.05, 4.69) is 48.4 Å². The summed E-state index contributed by atoms with van der Waals surface area (Å²) in [6, 6.07) is 14.8. The molecule has 0 amide bonds. The summed E-state index contributed by atoms with van der Waals surface area (Å²) in [4.78, 5) is 4.09. The van der Waals surface area contributed by atoms with Gasteiger partial charge in [-0.15, -0.1) is 0 Å². The van der Waals surface area contributed by atoms with E-state index in [1.807, 2.05) is 24.4 Å². The molecule has 0 fully saturated rings. The largest absolute Gasteiger partial charge is 0.310 e. The van der Waals surface area contributed by atoms with Crippen molar-refractivity contribution in [3.8, 4) is 0 Å². The molecule has 2 nitrogen and oxygen atoms in total. The lowest BCUT2D eigenvalue weighted by Gasteiger charge is -2.21. The highest BCUT2D eigenvalue weighted by molar-refractivity contribution is 6.29. The number of hydrogen-bond donors (Lipinski definition) is 1. The molecule has 0 aliphatic heterocycles. The Bertz CT molecular complexity index is 496. The second kappa shape index (κ2) is 6.69. The first kappa shape index (κ1) is 14.0. The molecule has 0 saturated heterocycles. The SMILES string of the molecule is C[C@H](NCc1ccc(Cl)nc1)[C@@H](C)c1ccccc1. The molecule has 2 rings (SSSR count). The van der Waals surface area contributed by atoms with Crippen LogP contribution < -0.4 is 5.32 Å². The molecule has 1 N–H and O–H groups in total. The lowest BCUT2D eigenvalue weighted by molar-refractivity contribution is 0.480. The Kier molecular flexibility index (Phi) is 4.94. The van der Waals surface area contributed by atoms with E-state index in [-0.39, 0.29) is 0 Å². The Morgan fingerprint density at radius 2 is 1.84 bits per heavy atom. The number of benzene rings is 1. The quantitative estimate of drug-likeness (QED) is 0.833. The van der Waals surface area contributed by atoms with Crippen LogP contribution in [-0.2, 0) is 6.54 Å². The van der Waals surface area contributed by atoms with E-state index in [0.29, 0.717) is 17.1 Å². The predicted molar refractivity (Wildman–Crippen MR) is 80.4 cm³/mol. The molecule has 2 atom stereocenters. The number of rotatable bonds is 5. The summed E-state index contributed by atoms with van der Waals surface area (Å²) in [5.41, 5.74) is 2.51. The Hall–Kier alpha value is -1.38. The molecule has 0 unspecified atom stereocenters. The van der Waals surface area contributed by atoms with Crippen molar-refractivity contribution in [2.24, 2.45) is 0 Å². The smallest absolute Gasteiger partial charge is 0.129 e. The highest BCUT2D eigenvalue weighted by Gasteiger charge is 2.13. The van der Waals surface area contributed by atoms with Gasteiger partial charge >= 0.3 is 0 Å². The van der Waals surface area contributed by atoms with E-state index < -0.39 is 0 Å². The van der Waals surface area contributed by atoms with Gasteiger partial charge < -0.3 is 5.32 Å². The third-order valence-electron chi connectivity index (χ3n) is 3.49. The summed E-state index contributed by atoms with van der Waals surface area (Å²) in [7, 11) is 0. The van der Waals surface area contributed by atoms with Crippen molar-refractivity contribution in [1.82, 2.24) is 10.3 Å². The molecule has 0 aliphatic rings. The van der Waals surface area contributed by atoms with Crippen LogP contribution in [0.3, 0.4) is 0 Å². The van der Waals surface area contributed by atoms with E-state index in [1.54, 1.807) is 0 Å². The minimum absolute atomic E-state index is 0.401. The van der Waals surface area contributed by atoms with Crippen LogP contribution in [-0.4, -0.2) is 11.0 Å². The summed E-state index contributed by atoms with van der Waals surface area (Å²) in [6.45, 7) is 5.26. The molecular weight excluding hydrogens is 256 g/mol. The summed E-state index contributed by atoms with van der Waals surface area (Å²) in [6.07, 6.45) is 1.81. The number of nitrogens with zero attached hydrogens (tertiary/aromatic N) is 1. The molecule has 3 heteroatoms. The zero-order valence-corrected chi connectivity index (χ0v) is 12.1. The summed E-state index contributed by atoms with van der Waals surface area (Å²) in [5, 5.41) is 4.07. The first-order chi connectivity index (χ1) is 9.16. The van der Waals surface area contributed by atoms with Crippen molar-refractivity contribution in [3.63, 3.8) is 0 Å². The first-order valence-corrected chi connectivity index (χ1v) is 6.93. The second-order valence-electron chi connectivity index (χ2n) is 4.86. The van der Waals surface area contributed by atoms with E-state index in [0.717, 1.165) is 12.1 Å². The fraction of sp³-hybridized carbons (Fsp3) is 0.312. The molecule has 1 aromatic heterocycles. The van der Waals surface area contributed by atoms with Crippen LogP contribution in [0.15, 0.2) is 48.7 Å². The van der Waals surface area contributed by atoms with Crippen molar-refractivity contribution >= 4 is 11.6 Å². The summed E-state index contributed by atoms with van der Waals surface area (Å²) < 4.78 is 0. The Balaban J connectivity index is 1.90. The summed E-state index contributed by atoms with van der Waals surface area (Å²) >= 11 is 5.77. The molecule has 1 aromatic carbocycles. The minimum atomic E-state index is 0.401. The van der Waals surface area contributed by atoms with Gasteiger partial charge in [0, 0.05) is 18.8 Å². The lowest BCUT2D eigenvalue weighted by atomic mass is 9.94. The third kappa shape index (κ3) is 4.05. The van der Waals surface area contributed by atoms with Gasteiger partial charge in [-0.25, -0.2) is 4.98 Å². The van der Waals surface area contributed by atoms with Crippen molar-refractivity contribution < 1.29 is 0 Å². The van der Waals surface area contributed by atoms with Crippen molar-refractivity contribution in [3.05, 3.63) is 64.9 Å². The average molecular weight is 275 g/mol. The van der Waals surface area contributed by atoms with E-state index in [1.165, 1.54) is 5.56 Å². The van der Waals surface area contributed by atoms with Gasteiger partial charge in [0.05, 0.1) is 0 Å². The molecule has 0 bridgehead atoms. The van der Waals surface area contributed by atoms with Gasteiger partial charge in [-0.05, 0) is 30.0 Å². The Morgan fingerprint density at radius 1 is 1.11 bits per heavy atom. The fourth-order valence-electron chi connectivity index (χ4n) is 2.01. The summed E-state index contributed by atoms with van der Waals surface area (Å²) in [5.74, 6) is 0.474. The van der Waals surface area contributed by atoms with Gasteiger partial charge in [0.2, 0.25) is 0 Å². The van der Waals surface area contributed by atoms with Gasteiger partial charge in [0.25, 0.3) is 0 Å². The molecule has 0 aliphatic carbocycles. The van der Waals surface area contributed by atoms with Crippen molar-refractivity contribution in [2.75, 3.05) is 0 Å². The van der Waals surface area contributed by atoms with Gasteiger partial charge in [0.15, 0.2) is 0 Å².